The van der Waals surface area contributed by atoms with Crippen LogP contribution in [-0.4, -0.2) is 61.6 Å². The van der Waals surface area contributed by atoms with Gasteiger partial charge in [-0.3, -0.25) is 14.9 Å². The SMILES string of the molecule is COc1ccc(N2CCN(C(=O)COC(=O)c3ccc([N+](=O)[O-])o3)CC2)cc1. The molecule has 1 saturated heterocycles. The second kappa shape index (κ2) is 8.42. The van der Waals surface area contributed by atoms with Gasteiger partial charge in [-0.05, 0) is 30.3 Å². The summed E-state index contributed by atoms with van der Waals surface area (Å²) in [6.45, 7) is 1.84. The molecule has 0 unspecified atom stereocenters. The third-order valence-electron chi connectivity index (χ3n) is 4.37. The third-order valence-corrected chi connectivity index (χ3v) is 4.37. The summed E-state index contributed by atoms with van der Waals surface area (Å²) in [4.78, 5) is 37.6. The number of amides is 1. The van der Waals surface area contributed by atoms with E-state index in [-0.39, 0.29) is 11.7 Å². The average Bonchev–Trinajstić information content (AvgIpc) is 3.23. The van der Waals surface area contributed by atoms with E-state index in [2.05, 4.69) is 4.90 Å². The molecule has 0 saturated carbocycles. The summed E-state index contributed by atoms with van der Waals surface area (Å²) >= 11 is 0. The summed E-state index contributed by atoms with van der Waals surface area (Å²) in [7, 11) is 1.61. The van der Waals surface area contributed by atoms with Gasteiger partial charge in [0.05, 0.1) is 13.2 Å². The van der Waals surface area contributed by atoms with Crippen LogP contribution in [0.25, 0.3) is 0 Å². The monoisotopic (exact) mass is 389 g/mol. The minimum absolute atomic E-state index is 0.316. The van der Waals surface area contributed by atoms with Crippen molar-refractivity contribution in [1.29, 1.82) is 0 Å². The summed E-state index contributed by atoms with van der Waals surface area (Å²) in [6.07, 6.45) is 0. The van der Waals surface area contributed by atoms with Crippen molar-refractivity contribution in [2.24, 2.45) is 0 Å². The fraction of sp³-hybridized carbons (Fsp3) is 0.333. The van der Waals surface area contributed by atoms with Crippen LogP contribution in [0.1, 0.15) is 10.6 Å². The molecule has 0 atom stereocenters. The number of rotatable bonds is 6. The van der Waals surface area contributed by atoms with Gasteiger partial charge in [0.15, 0.2) is 6.61 Å². The van der Waals surface area contributed by atoms with Crippen molar-refractivity contribution >= 4 is 23.4 Å². The van der Waals surface area contributed by atoms with Gasteiger partial charge in [-0.15, -0.1) is 0 Å². The summed E-state index contributed by atoms with van der Waals surface area (Å²) in [5.41, 5.74) is 1.04. The van der Waals surface area contributed by atoms with Crippen molar-refractivity contribution in [2.45, 2.75) is 0 Å². The van der Waals surface area contributed by atoms with Crippen LogP contribution in [0.3, 0.4) is 0 Å². The van der Waals surface area contributed by atoms with Gasteiger partial charge in [-0.1, -0.05) is 0 Å². The Bertz CT molecular complexity index is 854. The summed E-state index contributed by atoms with van der Waals surface area (Å²) in [6, 6.07) is 9.87. The first kappa shape index (κ1) is 19.2. The van der Waals surface area contributed by atoms with Gasteiger partial charge in [0, 0.05) is 31.9 Å². The molecule has 0 N–H and O–H groups in total. The van der Waals surface area contributed by atoms with E-state index in [4.69, 9.17) is 13.9 Å². The average molecular weight is 389 g/mol. The molecule has 148 valence electrons. The van der Waals surface area contributed by atoms with Gasteiger partial charge in [0.2, 0.25) is 5.76 Å². The molecule has 3 rings (SSSR count). The van der Waals surface area contributed by atoms with Crippen molar-refractivity contribution in [3.05, 3.63) is 52.3 Å². The number of benzene rings is 1. The number of ether oxygens (including phenoxy) is 2. The Morgan fingerprint density at radius 3 is 2.36 bits per heavy atom. The molecule has 0 aliphatic carbocycles. The molecular formula is C18H19N3O7. The minimum Gasteiger partial charge on any atom is -0.497 e. The van der Waals surface area contributed by atoms with E-state index in [9.17, 15) is 19.7 Å². The van der Waals surface area contributed by atoms with Crippen molar-refractivity contribution < 1.29 is 28.4 Å². The summed E-state index contributed by atoms with van der Waals surface area (Å²) in [5.74, 6) is -1.35. The van der Waals surface area contributed by atoms with Gasteiger partial charge < -0.3 is 23.7 Å². The molecule has 0 radical (unpaired) electrons. The lowest BCUT2D eigenvalue weighted by molar-refractivity contribution is -0.402. The van der Waals surface area contributed by atoms with Gasteiger partial charge in [-0.2, -0.15) is 0 Å². The number of anilines is 1. The summed E-state index contributed by atoms with van der Waals surface area (Å²) in [5, 5.41) is 10.6. The quantitative estimate of drug-likeness (QED) is 0.416. The standard InChI is InChI=1S/C18H19N3O7/c1-26-14-4-2-13(3-5-14)19-8-10-20(11-9-19)16(22)12-27-18(23)15-6-7-17(28-15)21(24)25/h2-7H,8-12H2,1H3. The molecule has 10 nitrogen and oxygen atoms in total. The highest BCUT2D eigenvalue weighted by molar-refractivity contribution is 5.89. The molecule has 0 bridgehead atoms. The van der Waals surface area contributed by atoms with Gasteiger partial charge in [-0.25, -0.2) is 4.79 Å². The van der Waals surface area contributed by atoms with E-state index < -0.39 is 23.4 Å². The Balaban J connectivity index is 1.46. The smallest absolute Gasteiger partial charge is 0.433 e. The number of esters is 1. The highest BCUT2D eigenvalue weighted by Crippen LogP contribution is 2.20. The van der Waals surface area contributed by atoms with Crippen LogP contribution in [0, 0.1) is 10.1 Å². The second-order valence-corrected chi connectivity index (χ2v) is 6.04. The first-order valence-electron chi connectivity index (χ1n) is 8.56. The summed E-state index contributed by atoms with van der Waals surface area (Å²) < 4.78 is 14.8. The first-order chi connectivity index (χ1) is 13.5. The number of hydrogen-bond donors (Lipinski definition) is 0. The molecule has 2 aromatic rings. The molecule has 0 spiro atoms. The fourth-order valence-corrected chi connectivity index (χ4v) is 2.83. The van der Waals surface area contributed by atoms with Crippen molar-refractivity contribution in [2.75, 3.05) is 44.8 Å². The lowest BCUT2D eigenvalue weighted by atomic mass is 10.2. The minimum atomic E-state index is -0.918. The molecular weight excluding hydrogens is 370 g/mol. The van der Waals surface area contributed by atoms with E-state index in [1.165, 1.54) is 0 Å². The van der Waals surface area contributed by atoms with Crippen LogP contribution in [0.2, 0.25) is 0 Å². The Hall–Kier alpha value is -3.56. The van der Waals surface area contributed by atoms with Crippen LogP contribution < -0.4 is 9.64 Å². The molecule has 1 aliphatic rings. The number of furan rings is 1. The van der Waals surface area contributed by atoms with E-state index in [0.29, 0.717) is 26.2 Å². The normalized spacial score (nSPS) is 13.9. The zero-order valence-electron chi connectivity index (χ0n) is 15.2. The number of methoxy groups -OCH3 is 1. The third kappa shape index (κ3) is 4.40. The topological polar surface area (TPSA) is 115 Å². The number of nitrogens with zero attached hydrogens (tertiary/aromatic N) is 3. The predicted molar refractivity (Wildman–Crippen MR) is 97.4 cm³/mol. The van der Waals surface area contributed by atoms with Crippen LogP contribution >= 0.6 is 0 Å². The fourth-order valence-electron chi connectivity index (χ4n) is 2.83. The zero-order chi connectivity index (χ0) is 20.1. The number of carbonyl (C=O) groups excluding carboxylic acids is 2. The molecule has 10 heteroatoms. The lowest BCUT2D eigenvalue weighted by Gasteiger charge is -2.36. The van der Waals surface area contributed by atoms with Crippen LogP contribution in [0.4, 0.5) is 11.6 Å². The Labute approximate surface area is 160 Å². The number of carbonyl (C=O) groups is 2. The number of nitro groups is 1. The van der Waals surface area contributed by atoms with Crippen molar-refractivity contribution in [1.82, 2.24) is 4.90 Å². The molecule has 1 aromatic heterocycles. The van der Waals surface area contributed by atoms with Crippen molar-refractivity contribution in [3.8, 4) is 5.75 Å². The van der Waals surface area contributed by atoms with Gasteiger partial charge >= 0.3 is 11.9 Å². The molecule has 2 heterocycles. The highest BCUT2D eigenvalue weighted by atomic mass is 16.7. The van der Waals surface area contributed by atoms with Crippen molar-refractivity contribution in [3.63, 3.8) is 0 Å². The van der Waals surface area contributed by atoms with Crippen LogP contribution in [0.5, 0.6) is 5.75 Å². The van der Waals surface area contributed by atoms with E-state index in [1.807, 2.05) is 24.3 Å². The van der Waals surface area contributed by atoms with E-state index >= 15 is 0 Å². The number of piperazine rings is 1. The zero-order valence-corrected chi connectivity index (χ0v) is 15.2. The van der Waals surface area contributed by atoms with Crippen LogP contribution in [0.15, 0.2) is 40.8 Å². The predicted octanol–water partition coefficient (Wildman–Crippen LogP) is 1.70. The Morgan fingerprint density at radius 2 is 1.79 bits per heavy atom. The maximum absolute atomic E-state index is 12.2. The largest absolute Gasteiger partial charge is 0.497 e. The number of hydrogen-bond acceptors (Lipinski definition) is 8. The maximum Gasteiger partial charge on any atom is 0.433 e. The first-order valence-corrected chi connectivity index (χ1v) is 8.56. The van der Waals surface area contributed by atoms with Gasteiger partial charge in [0.1, 0.15) is 10.7 Å². The van der Waals surface area contributed by atoms with E-state index in [1.54, 1.807) is 12.0 Å². The Kier molecular flexibility index (Phi) is 5.78. The maximum atomic E-state index is 12.2. The van der Waals surface area contributed by atoms with Crippen LogP contribution in [-0.2, 0) is 9.53 Å². The highest BCUT2D eigenvalue weighted by Gasteiger charge is 2.24. The molecule has 1 fully saturated rings. The van der Waals surface area contributed by atoms with E-state index in [0.717, 1.165) is 23.6 Å². The second-order valence-electron chi connectivity index (χ2n) is 6.04. The molecule has 1 aromatic carbocycles. The lowest BCUT2D eigenvalue weighted by Crippen LogP contribution is -2.49. The van der Waals surface area contributed by atoms with Gasteiger partial charge in [0.25, 0.3) is 5.91 Å². The molecule has 28 heavy (non-hydrogen) atoms. The molecule has 1 amide bonds. The Morgan fingerprint density at radius 1 is 1.11 bits per heavy atom. The molecule has 1 aliphatic heterocycles.